The molecular weight excluding hydrogens is 519 g/mol. The first kappa shape index (κ1) is 24.7. The van der Waals surface area contributed by atoms with E-state index in [0.29, 0.717) is 12.5 Å². The minimum Gasteiger partial charge on any atom is -0.356 e. The maximum absolute atomic E-state index is 12.5. The van der Waals surface area contributed by atoms with Gasteiger partial charge in [0, 0.05) is 70.2 Å². The Kier molecular flexibility index (Phi) is 11.6. The highest BCUT2D eigenvalue weighted by molar-refractivity contribution is 14.0. The molecule has 2 saturated heterocycles. The number of hydrogen-bond acceptors (Lipinski definition) is 6. The SMILES string of the molecule is CN=C(NCCCSc1nccs1)N1CCN(CC(=O)N2CCCCC2)CC1.I. The van der Waals surface area contributed by atoms with Crippen LogP contribution in [0.1, 0.15) is 25.7 Å². The average Bonchev–Trinajstić information content (AvgIpc) is 3.26. The van der Waals surface area contributed by atoms with E-state index in [0.717, 1.165) is 81.1 Å². The van der Waals surface area contributed by atoms with Crippen LogP contribution in [0.3, 0.4) is 0 Å². The van der Waals surface area contributed by atoms with Crippen molar-refractivity contribution in [1.82, 2.24) is 25.0 Å². The lowest BCUT2D eigenvalue weighted by Gasteiger charge is -2.37. The molecule has 3 rings (SSSR count). The summed E-state index contributed by atoms with van der Waals surface area (Å²) in [6, 6.07) is 0. The number of likely N-dealkylation sites (tertiary alicyclic amines) is 1. The van der Waals surface area contributed by atoms with Crippen molar-refractivity contribution in [2.24, 2.45) is 4.99 Å². The number of halogens is 1. The lowest BCUT2D eigenvalue weighted by Crippen LogP contribution is -2.54. The van der Waals surface area contributed by atoms with Gasteiger partial charge in [-0.3, -0.25) is 14.7 Å². The van der Waals surface area contributed by atoms with Gasteiger partial charge in [-0.25, -0.2) is 4.98 Å². The highest BCUT2D eigenvalue weighted by Crippen LogP contribution is 2.20. The van der Waals surface area contributed by atoms with Gasteiger partial charge in [-0.1, -0.05) is 11.8 Å². The van der Waals surface area contributed by atoms with Crippen LogP contribution < -0.4 is 5.32 Å². The Bertz CT molecular complexity index is 616. The van der Waals surface area contributed by atoms with Crippen molar-refractivity contribution in [3.05, 3.63) is 11.6 Å². The summed E-state index contributed by atoms with van der Waals surface area (Å²) in [6.45, 7) is 7.03. The number of rotatable bonds is 7. The molecule has 2 aliphatic heterocycles. The third-order valence-corrected chi connectivity index (χ3v) is 7.24. The molecule has 0 aliphatic carbocycles. The third kappa shape index (κ3) is 8.22. The van der Waals surface area contributed by atoms with E-state index in [1.54, 1.807) is 11.3 Å². The molecule has 0 saturated carbocycles. The molecule has 0 aromatic carbocycles. The summed E-state index contributed by atoms with van der Waals surface area (Å²) in [5.41, 5.74) is 0. The Labute approximate surface area is 199 Å². The van der Waals surface area contributed by atoms with Crippen molar-refractivity contribution < 1.29 is 4.79 Å². The van der Waals surface area contributed by atoms with E-state index in [1.165, 1.54) is 6.42 Å². The first-order valence-corrected chi connectivity index (χ1v) is 12.1. The summed E-state index contributed by atoms with van der Waals surface area (Å²) in [4.78, 5) is 27.8. The second-order valence-electron chi connectivity index (χ2n) is 7.18. The molecule has 164 valence electrons. The van der Waals surface area contributed by atoms with Crippen LogP contribution in [0.15, 0.2) is 20.9 Å². The number of nitrogens with one attached hydrogen (secondary N) is 1. The van der Waals surface area contributed by atoms with E-state index in [-0.39, 0.29) is 24.0 Å². The molecule has 1 aromatic rings. The quantitative estimate of drug-likeness (QED) is 0.184. The van der Waals surface area contributed by atoms with Crippen molar-refractivity contribution >= 4 is 58.9 Å². The minimum absolute atomic E-state index is 0. The molecule has 1 amide bonds. The van der Waals surface area contributed by atoms with Crippen LogP contribution in [0.4, 0.5) is 0 Å². The predicted octanol–water partition coefficient (Wildman–Crippen LogP) is 2.45. The standard InChI is InChI=1S/C19H32N6OS2.HI/c1-20-18(21-6-5-14-27-19-22-7-15-28-19)25-12-10-23(11-13-25)16-17(26)24-8-3-2-4-9-24;/h7,15H,2-6,8-14,16H2,1H3,(H,20,21);1H. The molecule has 0 atom stereocenters. The number of hydrogen-bond donors (Lipinski definition) is 1. The second kappa shape index (κ2) is 13.7. The lowest BCUT2D eigenvalue weighted by atomic mass is 10.1. The van der Waals surface area contributed by atoms with Crippen molar-refractivity contribution in [3.8, 4) is 0 Å². The van der Waals surface area contributed by atoms with Gasteiger partial charge in [0.05, 0.1) is 6.54 Å². The van der Waals surface area contributed by atoms with Crippen molar-refractivity contribution in [2.75, 3.05) is 65.2 Å². The third-order valence-electron chi connectivity index (χ3n) is 5.19. The monoisotopic (exact) mass is 552 g/mol. The molecule has 2 aliphatic rings. The number of thiazole rings is 1. The molecule has 10 heteroatoms. The maximum Gasteiger partial charge on any atom is 0.236 e. The fourth-order valence-electron chi connectivity index (χ4n) is 3.60. The Balaban J connectivity index is 0.00000300. The first-order valence-electron chi connectivity index (χ1n) is 10.2. The first-order chi connectivity index (χ1) is 13.8. The number of thioether (sulfide) groups is 1. The summed E-state index contributed by atoms with van der Waals surface area (Å²) in [5, 5.41) is 5.49. The number of carbonyl (C=O) groups is 1. The largest absolute Gasteiger partial charge is 0.356 e. The number of aliphatic imine (C=N–C) groups is 1. The molecule has 0 radical (unpaired) electrons. The summed E-state index contributed by atoms with van der Waals surface area (Å²) >= 11 is 3.51. The molecular formula is C19H33IN6OS2. The van der Waals surface area contributed by atoms with Gasteiger partial charge in [0.15, 0.2) is 5.96 Å². The maximum atomic E-state index is 12.5. The van der Waals surface area contributed by atoms with Crippen molar-refractivity contribution in [3.63, 3.8) is 0 Å². The molecule has 1 N–H and O–H groups in total. The normalized spacial score (nSPS) is 18.4. The van der Waals surface area contributed by atoms with Crippen LogP contribution in [-0.4, -0.2) is 96.7 Å². The number of amides is 1. The second-order valence-corrected chi connectivity index (χ2v) is 9.42. The summed E-state index contributed by atoms with van der Waals surface area (Å²) in [7, 11) is 1.85. The van der Waals surface area contributed by atoms with Crippen LogP contribution in [-0.2, 0) is 4.79 Å². The number of piperazine rings is 1. The van der Waals surface area contributed by atoms with Crippen LogP contribution in [0, 0.1) is 0 Å². The van der Waals surface area contributed by atoms with E-state index >= 15 is 0 Å². The number of aromatic nitrogens is 1. The van der Waals surface area contributed by atoms with Crippen LogP contribution in [0.5, 0.6) is 0 Å². The van der Waals surface area contributed by atoms with Crippen LogP contribution in [0.2, 0.25) is 0 Å². The molecule has 7 nitrogen and oxygen atoms in total. The highest BCUT2D eigenvalue weighted by Gasteiger charge is 2.23. The van der Waals surface area contributed by atoms with Gasteiger partial charge in [-0.15, -0.1) is 35.3 Å². The zero-order valence-electron chi connectivity index (χ0n) is 17.2. The molecule has 0 spiro atoms. The van der Waals surface area contributed by atoms with Gasteiger partial charge in [0.1, 0.15) is 4.34 Å². The van der Waals surface area contributed by atoms with Crippen molar-refractivity contribution in [2.45, 2.75) is 30.0 Å². The lowest BCUT2D eigenvalue weighted by molar-refractivity contribution is -0.133. The van der Waals surface area contributed by atoms with Crippen LogP contribution in [0.25, 0.3) is 0 Å². The molecule has 0 bridgehead atoms. The minimum atomic E-state index is 0. The fourth-order valence-corrected chi connectivity index (χ4v) is 5.25. The van der Waals surface area contributed by atoms with Gasteiger partial charge in [-0.05, 0) is 25.7 Å². The Morgan fingerprint density at radius 2 is 1.93 bits per heavy atom. The highest BCUT2D eigenvalue weighted by atomic mass is 127. The number of piperidine rings is 1. The van der Waals surface area contributed by atoms with E-state index in [9.17, 15) is 4.79 Å². The van der Waals surface area contributed by atoms with E-state index in [2.05, 4.69) is 25.1 Å². The smallest absolute Gasteiger partial charge is 0.236 e. The van der Waals surface area contributed by atoms with Gasteiger partial charge < -0.3 is 15.1 Å². The zero-order valence-corrected chi connectivity index (χ0v) is 21.2. The average molecular weight is 553 g/mol. The molecule has 2 fully saturated rings. The van der Waals surface area contributed by atoms with Crippen LogP contribution >= 0.6 is 47.1 Å². The van der Waals surface area contributed by atoms with Gasteiger partial charge in [0.25, 0.3) is 0 Å². The summed E-state index contributed by atoms with van der Waals surface area (Å²) < 4.78 is 1.14. The molecule has 3 heterocycles. The van der Waals surface area contributed by atoms with Gasteiger partial charge in [0.2, 0.25) is 5.91 Å². The molecule has 29 heavy (non-hydrogen) atoms. The Hall–Kier alpha value is -0.590. The van der Waals surface area contributed by atoms with Crippen molar-refractivity contribution in [1.29, 1.82) is 0 Å². The van der Waals surface area contributed by atoms with E-state index in [4.69, 9.17) is 0 Å². The summed E-state index contributed by atoms with van der Waals surface area (Å²) in [5.74, 6) is 2.33. The predicted molar refractivity (Wildman–Crippen MR) is 133 cm³/mol. The zero-order chi connectivity index (χ0) is 19.6. The molecule has 1 aromatic heterocycles. The van der Waals surface area contributed by atoms with E-state index in [1.807, 2.05) is 35.3 Å². The fraction of sp³-hybridized carbons (Fsp3) is 0.737. The van der Waals surface area contributed by atoms with Gasteiger partial charge >= 0.3 is 0 Å². The Morgan fingerprint density at radius 3 is 2.59 bits per heavy atom. The topological polar surface area (TPSA) is 64.1 Å². The van der Waals surface area contributed by atoms with Gasteiger partial charge in [-0.2, -0.15) is 0 Å². The summed E-state index contributed by atoms with van der Waals surface area (Å²) in [6.07, 6.45) is 6.51. The Morgan fingerprint density at radius 1 is 1.17 bits per heavy atom. The molecule has 0 unspecified atom stereocenters. The number of nitrogens with zero attached hydrogens (tertiary/aromatic N) is 5. The van der Waals surface area contributed by atoms with E-state index < -0.39 is 0 Å². The number of guanidine groups is 1. The number of carbonyl (C=O) groups excluding carboxylic acids is 1.